The molecule has 3 aromatic carbocycles. The monoisotopic (exact) mass is 585 g/mol. The number of carbonyl (C=O) groups excluding carboxylic acids is 2. The van der Waals surface area contributed by atoms with Gasteiger partial charge in [0, 0.05) is 17.6 Å². The Morgan fingerprint density at radius 3 is 2.23 bits per heavy atom. The Morgan fingerprint density at radius 2 is 1.62 bits per heavy atom. The van der Waals surface area contributed by atoms with Crippen LogP contribution in [-0.2, 0) is 26.2 Å². The lowest BCUT2D eigenvalue weighted by Crippen LogP contribution is -2.52. The molecule has 2 amide bonds. The van der Waals surface area contributed by atoms with Gasteiger partial charge in [0.1, 0.15) is 18.3 Å². The van der Waals surface area contributed by atoms with Gasteiger partial charge in [0.15, 0.2) is 0 Å². The zero-order chi connectivity index (χ0) is 29.3. The van der Waals surface area contributed by atoms with E-state index >= 15 is 0 Å². The molecule has 0 radical (unpaired) electrons. The van der Waals surface area contributed by atoms with E-state index < -0.39 is 28.5 Å². The number of amides is 2. The third-order valence-corrected chi connectivity index (χ3v) is 8.48. The van der Waals surface area contributed by atoms with E-state index in [0.717, 1.165) is 10.7 Å². The van der Waals surface area contributed by atoms with Gasteiger partial charge in [0.05, 0.1) is 17.2 Å². The molecule has 0 unspecified atom stereocenters. The fourth-order valence-corrected chi connectivity index (χ4v) is 5.63. The van der Waals surface area contributed by atoms with Crippen LogP contribution in [0.3, 0.4) is 0 Å². The molecular weight excluding hydrogens is 550 g/mol. The van der Waals surface area contributed by atoms with E-state index in [1.165, 1.54) is 17.0 Å². The topological polar surface area (TPSA) is 96.0 Å². The van der Waals surface area contributed by atoms with Crippen molar-refractivity contribution < 1.29 is 22.7 Å². The van der Waals surface area contributed by atoms with Gasteiger partial charge in [-0.3, -0.25) is 13.9 Å². The zero-order valence-corrected chi connectivity index (χ0v) is 24.8. The minimum atomic E-state index is -4.15. The molecule has 2 atom stereocenters. The molecule has 0 aliphatic rings. The molecule has 0 fully saturated rings. The van der Waals surface area contributed by atoms with Gasteiger partial charge in [-0.25, -0.2) is 8.42 Å². The number of hydrogen-bond acceptors (Lipinski definition) is 5. The highest BCUT2D eigenvalue weighted by Crippen LogP contribution is 2.26. The summed E-state index contributed by atoms with van der Waals surface area (Å²) in [6.45, 7) is 7.31. The van der Waals surface area contributed by atoms with E-state index in [1.807, 2.05) is 20.8 Å². The second kappa shape index (κ2) is 14.2. The summed E-state index contributed by atoms with van der Waals surface area (Å²) >= 11 is 6.18. The van der Waals surface area contributed by atoms with Crippen molar-refractivity contribution in [2.75, 3.05) is 17.5 Å². The van der Waals surface area contributed by atoms with Crippen molar-refractivity contribution in [2.24, 2.45) is 0 Å². The number of rotatable bonds is 13. The highest BCUT2D eigenvalue weighted by molar-refractivity contribution is 7.92. The summed E-state index contributed by atoms with van der Waals surface area (Å²) in [7, 11) is -4.15. The Kier molecular flexibility index (Phi) is 11.0. The molecule has 3 rings (SSSR count). The first-order valence-electron chi connectivity index (χ1n) is 13.2. The number of sulfonamides is 1. The smallest absolute Gasteiger partial charge is 0.264 e. The van der Waals surface area contributed by atoms with Crippen molar-refractivity contribution in [3.05, 3.63) is 89.4 Å². The van der Waals surface area contributed by atoms with Crippen LogP contribution in [0.4, 0.5) is 5.69 Å². The molecule has 0 heterocycles. The summed E-state index contributed by atoms with van der Waals surface area (Å²) in [5.41, 5.74) is 1.04. The maximum atomic E-state index is 13.9. The molecule has 214 valence electrons. The van der Waals surface area contributed by atoms with Crippen molar-refractivity contribution in [1.82, 2.24) is 10.2 Å². The van der Waals surface area contributed by atoms with E-state index in [0.29, 0.717) is 28.6 Å². The number of benzene rings is 3. The second-order valence-electron chi connectivity index (χ2n) is 9.40. The van der Waals surface area contributed by atoms with E-state index in [2.05, 4.69) is 5.32 Å². The van der Waals surface area contributed by atoms with E-state index in [9.17, 15) is 18.0 Å². The van der Waals surface area contributed by atoms with Crippen LogP contribution in [0.15, 0.2) is 83.8 Å². The molecule has 0 aromatic heterocycles. The maximum Gasteiger partial charge on any atom is 0.264 e. The molecule has 10 heteroatoms. The molecule has 0 spiro atoms. The van der Waals surface area contributed by atoms with Gasteiger partial charge < -0.3 is 15.0 Å². The summed E-state index contributed by atoms with van der Waals surface area (Å²) in [5, 5.41) is 3.41. The van der Waals surface area contributed by atoms with Gasteiger partial charge in [-0.1, -0.05) is 48.9 Å². The molecule has 0 aliphatic carbocycles. The van der Waals surface area contributed by atoms with Crippen LogP contribution in [0.2, 0.25) is 5.02 Å². The maximum absolute atomic E-state index is 13.9. The lowest BCUT2D eigenvalue weighted by Gasteiger charge is -2.32. The molecule has 3 aromatic rings. The Morgan fingerprint density at radius 1 is 0.950 bits per heavy atom. The van der Waals surface area contributed by atoms with Crippen LogP contribution in [0.1, 0.15) is 39.7 Å². The number of nitrogens with one attached hydrogen (secondary N) is 1. The van der Waals surface area contributed by atoms with E-state index in [4.69, 9.17) is 16.3 Å². The minimum Gasteiger partial charge on any atom is -0.494 e. The first-order chi connectivity index (χ1) is 19.1. The molecular formula is C30H36ClN3O5S. The first kappa shape index (κ1) is 31.0. The van der Waals surface area contributed by atoms with Gasteiger partial charge in [0.25, 0.3) is 10.0 Å². The standard InChI is InChI=1S/C30H36ClN3O5S/c1-5-22(3)32-30(36)23(4)33(20-24-11-10-12-25(31)19-24)29(35)21-34(26-13-8-7-9-14-26)40(37,38)28-17-15-27(16-18-28)39-6-2/h7-19,22-23H,5-6,20-21H2,1-4H3,(H,32,36)/t22-,23+/m0/s1. The fourth-order valence-electron chi connectivity index (χ4n) is 4.00. The molecule has 8 nitrogen and oxygen atoms in total. The van der Waals surface area contributed by atoms with Crippen molar-refractivity contribution in [2.45, 2.75) is 57.6 Å². The van der Waals surface area contributed by atoms with Crippen LogP contribution < -0.4 is 14.4 Å². The highest BCUT2D eigenvalue weighted by Gasteiger charge is 2.32. The number of nitrogens with zero attached hydrogens (tertiary/aromatic N) is 2. The third-order valence-electron chi connectivity index (χ3n) is 6.46. The zero-order valence-electron chi connectivity index (χ0n) is 23.2. The molecule has 0 aliphatic heterocycles. The number of hydrogen-bond donors (Lipinski definition) is 1. The molecule has 40 heavy (non-hydrogen) atoms. The number of anilines is 1. The molecule has 0 bridgehead atoms. The Hall–Kier alpha value is -3.56. The van der Waals surface area contributed by atoms with Gasteiger partial charge >= 0.3 is 0 Å². The molecule has 0 saturated heterocycles. The van der Waals surface area contributed by atoms with E-state index in [1.54, 1.807) is 73.7 Å². The lowest BCUT2D eigenvalue weighted by atomic mass is 10.1. The Bertz CT molecular complexity index is 1380. The van der Waals surface area contributed by atoms with Crippen LogP contribution in [-0.4, -0.2) is 50.4 Å². The third kappa shape index (κ3) is 7.99. The molecule has 1 N–H and O–H groups in total. The molecule has 0 saturated carbocycles. The summed E-state index contributed by atoms with van der Waals surface area (Å²) in [6, 6.07) is 20.5. The quantitative estimate of drug-likeness (QED) is 0.295. The van der Waals surface area contributed by atoms with Gasteiger partial charge in [-0.05, 0) is 81.3 Å². The summed E-state index contributed by atoms with van der Waals surface area (Å²) in [5.74, 6) is -0.326. The van der Waals surface area contributed by atoms with Gasteiger partial charge in [-0.2, -0.15) is 0 Å². The summed E-state index contributed by atoms with van der Waals surface area (Å²) in [4.78, 5) is 28.4. The lowest BCUT2D eigenvalue weighted by molar-refractivity contribution is -0.139. The predicted octanol–water partition coefficient (Wildman–Crippen LogP) is 5.27. The van der Waals surface area contributed by atoms with Crippen molar-refractivity contribution in [3.8, 4) is 5.75 Å². The SMILES string of the molecule is CCOc1ccc(S(=O)(=O)N(CC(=O)N(Cc2cccc(Cl)c2)[C@H](C)C(=O)N[C@@H](C)CC)c2ccccc2)cc1. The van der Waals surface area contributed by atoms with Crippen LogP contribution in [0.5, 0.6) is 5.75 Å². The summed E-state index contributed by atoms with van der Waals surface area (Å²) < 4.78 is 34.2. The normalized spacial score (nSPS) is 12.7. The predicted molar refractivity (Wildman–Crippen MR) is 158 cm³/mol. The van der Waals surface area contributed by atoms with Crippen molar-refractivity contribution >= 4 is 39.1 Å². The minimum absolute atomic E-state index is 0.0107. The van der Waals surface area contributed by atoms with Crippen molar-refractivity contribution in [1.29, 1.82) is 0 Å². The first-order valence-corrected chi connectivity index (χ1v) is 15.0. The Labute approximate surface area is 241 Å². The van der Waals surface area contributed by atoms with Crippen LogP contribution >= 0.6 is 11.6 Å². The number of ether oxygens (including phenoxy) is 1. The number of carbonyl (C=O) groups is 2. The average molecular weight is 586 g/mol. The van der Waals surface area contributed by atoms with Gasteiger partial charge in [-0.15, -0.1) is 0 Å². The van der Waals surface area contributed by atoms with Gasteiger partial charge in [0.2, 0.25) is 11.8 Å². The van der Waals surface area contributed by atoms with E-state index in [-0.39, 0.29) is 23.4 Å². The fraction of sp³-hybridized carbons (Fsp3) is 0.333. The highest BCUT2D eigenvalue weighted by atomic mass is 35.5. The van der Waals surface area contributed by atoms with Crippen LogP contribution in [0, 0.1) is 0 Å². The Balaban J connectivity index is 1.99. The number of halogens is 1. The van der Waals surface area contributed by atoms with Crippen molar-refractivity contribution in [3.63, 3.8) is 0 Å². The second-order valence-corrected chi connectivity index (χ2v) is 11.7. The average Bonchev–Trinajstić information content (AvgIpc) is 2.95. The number of para-hydroxylation sites is 1. The summed E-state index contributed by atoms with van der Waals surface area (Å²) in [6.07, 6.45) is 0.725. The largest absolute Gasteiger partial charge is 0.494 e. The van der Waals surface area contributed by atoms with Crippen LogP contribution in [0.25, 0.3) is 0 Å².